The molecule has 0 spiro atoms. The van der Waals surface area contributed by atoms with Crippen LogP contribution in [0.25, 0.3) is 0 Å². The van der Waals surface area contributed by atoms with E-state index in [0.717, 1.165) is 0 Å². The number of ether oxygens (including phenoxy) is 1. The number of nitrogens with one attached hydrogen (secondary N) is 1. The number of alkyl halides is 1. The topological polar surface area (TPSA) is 38.3 Å². The van der Waals surface area contributed by atoms with Crippen molar-refractivity contribution < 1.29 is 18.3 Å². The summed E-state index contributed by atoms with van der Waals surface area (Å²) in [5, 5.41) is 2.46. The minimum Gasteiger partial charge on any atom is -0.444 e. The molecule has 5 heteroatoms. The van der Waals surface area contributed by atoms with Gasteiger partial charge in [-0.1, -0.05) is 30.4 Å². The highest BCUT2D eigenvalue weighted by atomic mass is 19.1. The summed E-state index contributed by atoms with van der Waals surface area (Å²) < 4.78 is 33.8. The molecular weight excluding hydrogens is 288 g/mol. The zero-order valence-corrected chi connectivity index (χ0v) is 13.6. The third-order valence-corrected chi connectivity index (χ3v) is 3.11. The maximum Gasteiger partial charge on any atom is 0.408 e. The molecule has 0 bridgehead atoms. The van der Waals surface area contributed by atoms with Crippen LogP contribution in [0.3, 0.4) is 0 Å². The van der Waals surface area contributed by atoms with E-state index in [1.54, 1.807) is 33.8 Å². The quantitative estimate of drug-likeness (QED) is 0.833. The van der Waals surface area contributed by atoms with E-state index < -0.39 is 29.2 Å². The number of amides is 1. The van der Waals surface area contributed by atoms with Crippen LogP contribution < -0.4 is 5.32 Å². The Balaban J connectivity index is 3.19. The van der Waals surface area contributed by atoms with E-state index in [1.165, 1.54) is 37.3 Å². The van der Waals surface area contributed by atoms with Gasteiger partial charge in [0.1, 0.15) is 23.1 Å². The van der Waals surface area contributed by atoms with Crippen LogP contribution in [0.2, 0.25) is 0 Å². The third kappa shape index (κ3) is 4.55. The number of carbonyl (C=O) groups is 1. The van der Waals surface area contributed by atoms with Gasteiger partial charge in [0, 0.05) is 5.56 Å². The predicted octanol–water partition coefficient (Wildman–Crippen LogP) is 4.48. The zero-order chi connectivity index (χ0) is 17.0. The molecule has 0 radical (unpaired) electrons. The van der Waals surface area contributed by atoms with E-state index in [2.05, 4.69) is 5.32 Å². The Morgan fingerprint density at radius 3 is 2.36 bits per heavy atom. The number of hydrogen-bond donors (Lipinski definition) is 1. The largest absolute Gasteiger partial charge is 0.444 e. The van der Waals surface area contributed by atoms with Crippen molar-refractivity contribution in [2.45, 2.75) is 51.9 Å². The minimum absolute atomic E-state index is 0.0615. The number of rotatable bonds is 4. The van der Waals surface area contributed by atoms with Crippen molar-refractivity contribution in [1.82, 2.24) is 5.32 Å². The average molecular weight is 311 g/mol. The van der Waals surface area contributed by atoms with Crippen LogP contribution in [0.15, 0.2) is 36.4 Å². The lowest BCUT2D eigenvalue weighted by atomic mass is 9.86. The Labute approximate surface area is 130 Å². The number of hydrogen-bond acceptors (Lipinski definition) is 2. The number of allylic oxidation sites excluding steroid dienone is 1. The molecule has 0 aromatic heterocycles. The van der Waals surface area contributed by atoms with E-state index >= 15 is 0 Å². The van der Waals surface area contributed by atoms with Gasteiger partial charge in [0.05, 0.1) is 0 Å². The highest BCUT2D eigenvalue weighted by Gasteiger charge is 2.39. The second-order valence-corrected chi connectivity index (χ2v) is 6.24. The van der Waals surface area contributed by atoms with Gasteiger partial charge in [-0.15, -0.1) is 0 Å². The van der Waals surface area contributed by atoms with Gasteiger partial charge in [0.15, 0.2) is 0 Å². The zero-order valence-electron chi connectivity index (χ0n) is 13.6. The van der Waals surface area contributed by atoms with Crippen LogP contribution in [0.4, 0.5) is 13.6 Å². The van der Waals surface area contributed by atoms with Crippen molar-refractivity contribution in [3.63, 3.8) is 0 Å². The Kier molecular flexibility index (Phi) is 5.69. The summed E-state index contributed by atoms with van der Waals surface area (Å²) in [4.78, 5) is 12.0. The van der Waals surface area contributed by atoms with Gasteiger partial charge in [-0.05, 0) is 40.7 Å². The second-order valence-electron chi connectivity index (χ2n) is 6.24. The number of alkyl carbamates (subject to hydrolysis) is 1. The first kappa shape index (κ1) is 18.1. The predicted molar refractivity (Wildman–Crippen MR) is 82.8 cm³/mol. The van der Waals surface area contributed by atoms with Crippen LogP contribution >= 0.6 is 0 Å². The van der Waals surface area contributed by atoms with Gasteiger partial charge in [0.2, 0.25) is 0 Å². The summed E-state index contributed by atoms with van der Waals surface area (Å²) in [6.45, 7) is 8.19. The van der Waals surface area contributed by atoms with Crippen molar-refractivity contribution in [1.29, 1.82) is 0 Å². The molecule has 0 heterocycles. The first-order chi connectivity index (χ1) is 10.1. The molecule has 1 N–H and O–H groups in total. The fourth-order valence-electron chi connectivity index (χ4n) is 2.04. The Bertz CT molecular complexity index is 552. The van der Waals surface area contributed by atoms with Crippen LogP contribution in [0.1, 0.15) is 40.2 Å². The summed E-state index contributed by atoms with van der Waals surface area (Å²) >= 11 is 0. The summed E-state index contributed by atoms with van der Waals surface area (Å²) in [7, 11) is 0. The fourth-order valence-corrected chi connectivity index (χ4v) is 2.04. The van der Waals surface area contributed by atoms with Crippen LogP contribution in [-0.4, -0.2) is 17.9 Å². The SMILES string of the molecule is C/C=C/[C@H](F)[C@](C)(NC(=O)OC(C)(C)C)c1ccccc1F. The molecule has 0 aliphatic rings. The van der Waals surface area contributed by atoms with Crippen LogP contribution in [0, 0.1) is 5.82 Å². The lowest BCUT2D eigenvalue weighted by molar-refractivity contribution is 0.0411. The first-order valence-corrected chi connectivity index (χ1v) is 7.13. The number of carbonyl (C=O) groups excluding carboxylic acids is 1. The molecule has 0 fully saturated rings. The summed E-state index contributed by atoms with van der Waals surface area (Å²) in [5.74, 6) is -0.590. The molecule has 0 aliphatic heterocycles. The highest BCUT2D eigenvalue weighted by molar-refractivity contribution is 5.69. The third-order valence-electron chi connectivity index (χ3n) is 3.11. The Morgan fingerprint density at radius 2 is 1.86 bits per heavy atom. The lowest BCUT2D eigenvalue weighted by Gasteiger charge is -2.34. The molecular formula is C17H23F2NO2. The smallest absolute Gasteiger partial charge is 0.408 e. The van der Waals surface area contributed by atoms with Crippen molar-refractivity contribution in [2.24, 2.45) is 0 Å². The molecule has 1 rings (SSSR count). The van der Waals surface area contributed by atoms with E-state index in [4.69, 9.17) is 4.74 Å². The minimum atomic E-state index is -1.61. The van der Waals surface area contributed by atoms with Crippen LogP contribution in [0.5, 0.6) is 0 Å². The normalized spacial score (nSPS) is 16.1. The van der Waals surface area contributed by atoms with Gasteiger partial charge in [0.25, 0.3) is 0 Å². The van der Waals surface area contributed by atoms with Crippen molar-refractivity contribution in [2.75, 3.05) is 0 Å². The van der Waals surface area contributed by atoms with Crippen molar-refractivity contribution >= 4 is 6.09 Å². The molecule has 0 saturated heterocycles. The maximum atomic E-state index is 14.6. The molecule has 1 aromatic carbocycles. The molecule has 1 amide bonds. The monoisotopic (exact) mass is 311 g/mol. The van der Waals surface area contributed by atoms with Gasteiger partial charge in [-0.3, -0.25) is 0 Å². The van der Waals surface area contributed by atoms with E-state index in [9.17, 15) is 13.6 Å². The van der Waals surface area contributed by atoms with Crippen LogP contribution in [-0.2, 0) is 10.3 Å². The summed E-state index contributed by atoms with van der Waals surface area (Å²) in [6.07, 6.45) is 0.372. The molecule has 0 unspecified atom stereocenters. The summed E-state index contributed by atoms with van der Waals surface area (Å²) in [6, 6.07) is 5.78. The molecule has 0 aliphatic carbocycles. The number of halogens is 2. The Hall–Kier alpha value is -1.91. The maximum absolute atomic E-state index is 14.6. The van der Waals surface area contributed by atoms with Gasteiger partial charge in [-0.25, -0.2) is 13.6 Å². The fraction of sp³-hybridized carbons (Fsp3) is 0.471. The summed E-state index contributed by atoms with van der Waals surface area (Å²) in [5.41, 5.74) is -2.24. The van der Waals surface area contributed by atoms with Gasteiger partial charge < -0.3 is 10.1 Å². The van der Waals surface area contributed by atoms with E-state index in [-0.39, 0.29) is 5.56 Å². The van der Waals surface area contributed by atoms with Crippen molar-refractivity contribution in [3.8, 4) is 0 Å². The molecule has 122 valence electrons. The molecule has 2 atom stereocenters. The highest BCUT2D eigenvalue weighted by Crippen LogP contribution is 2.30. The van der Waals surface area contributed by atoms with Crippen molar-refractivity contribution in [3.05, 3.63) is 47.8 Å². The van der Waals surface area contributed by atoms with Gasteiger partial charge in [-0.2, -0.15) is 0 Å². The Morgan fingerprint density at radius 1 is 1.27 bits per heavy atom. The molecule has 22 heavy (non-hydrogen) atoms. The van der Waals surface area contributed by atoms with Gasteiger partial charge >= 0.3 is 6.09 Å². The first-order valence-electron chi connectivity index (χ1n) is 7.13. The standard InChI is InChI=1S/C17H23F2NO2/c1-6-9-14(19)17(5,12-10-7-8-11-13(12)18)20-15(21)22-16(2,3)4/h6-11,14H,1-5H3,(H,20,21)/b9-6+/t14-,17+/m0/s1. The lowest BCUT2D eigenvalue weighted by Crippen LogP contribution is -2.51. The molecule has 3 nitrogen and oxygen atoms in total. The number of benzene rings is 1. The molecule has 1 aromatic rings. The average Bonchev–Trinajstić information content (AvgIpc) is 2.36. The molecule has 0 saturated carbocycles. The van der Waals surface area contributed by atoms with E-state index in [0.29, 0.717) is 0 Å². The van der Waals surface area contributed by atoms with E-state index in [1.807, 2.05) is 0 Å². The second kappa shape index (κ2) is 6.90.